The average Bonchev–Trinajstić information content (AvgIpc) is 2.82. The first-order valence-corrected chi connectivity index (χ1v) is 7.02. The molecule has 1 heterocycles. The van der Waals surface area contributed by atoms with Crippen LogP contribution in [0.3, 0.4) is 0 Å². The summed E-state index contributed by atoms with van der Waals surface area (Å²) in [5.74, 6) is -0.168. The number of benzene rings is 1. The summed E-state index contributed by atoms with van der Waals surface area (Å²) >= 11 is 0. The Labute approximate surface area is 120 Å². The molecule has 0 saturated carbocycles. The zero-order valence-corrected chi connectivity index (χ0v) is 12.2. The average molecular weight is 274 g/mol. The lowest BCUT2D eigenvalue weighted by atomic mass is 10.2. The summed E-state index contributed by atoms with van der Waals surface area (Å²) in [4.78, 5) is 12.0. The monoisotopic (exact) mass is 274 g/mol. The molecule has 20 heavy (non-hydrogen) atoms. The Morgan fingerprint density at radius 3 is 2.65 bits per heavy atom. The molecular weight excluding hydrogens is 252 g/mol. The highest BCUT2D eigenvalue weighted by molar-refractivity contribution is 5.84. The van der Waals surface area contributed by atoms with Gasteiger partial charge >= 0.3 is 12.3 Å². The van der Waals surface area contributed by atoms with Crippen LogP contribution in [0.15, 0.2) is 42.7 Å². The van der Waals surface area contributed by atoms with E-state index in [9.17, 15) is 4.79 Å². The number of rotatable bonds is 6. The number of carbonyl (C=O) groups is 1. The fraction of sp³-hybridized carbons (Fsp3) is 0.375. The van der Waals surface area contributed by atoms with Crippen molar-refractivity contribution >= 4 is 18.0 Å². The van der Waals surface area contributed by atoms with Gasteiger partial charge in [0, 0.05) is 12.1 Å². The van der Waals surface area contributed by atoms with Crippen LogP contribution in [-0.4, -0.2) is 37.1 Å². The molecule has 0 fully saturated rings. The minimum absolute atomic E-state index is 0.168. The predicted molar refractivity (Wildman–Crippen MR) is 80.4 cm³/mol. The van der Waals surface area contributed by atoms with Crippen LogP contribution in [0.1, 0.15) is 19.8 Å². The first kappa shape index (κ1) is 14.5. The van der Waals surface area contributed by atoms with E-state index in [-0.39, 0.29) is 12.5 Å². The number of hydrogen-bond donors (Lipinski definition) is 0. The number of nitrogens with zero attached hydrogens (tertiary/aromatic N) is 2. The third kappa shape index (κ3) is 3.33. The Hall–Kier alpha value is -1.94. The molecule has 0 bridgehead atoms. The van der Waals surface area contributed by atoms with Crippen molar-refractivity contribution in [2.45, 2.75) is 19.8 Å². The van der Waals surface area contributed by atoms with E-state index < -0.39 is 0 Å². The Balaban J connectivity index is 2.14. The summed E-state index contributed by atoms with van der Waals surface area (Å²) in [6.45, 7) is 2.87. The Kier molecular flexibility index (Phi) is 4.69. The fourth-order valence-electron chi connectivity index (χ4n) is 2.26. The largest absolute Gasteiger partial charge is 0.461 e. The molecule has 0 saturated heterocycles. The SMILES string of the molecule is CCCCOC(=O)C[N@@+]1(c2ccccc2)C=C[N+](C)=C1. The van der Waals surface area contributed by atoms with E-state index >= 15 is 0 Å². The van der Waals surface area contributed by atoms with E-state index in [2.05, 4.69) is 6.92 Å². The van der Waals surface area contributed by atoms with Gasteiger partial charge < -0.3 is 4.74 Å². The van der Waals surface area contributed by atoms with E-state index in [0.717, 1.165) is 18.5 Å². The maximum atomic E-state index is 12.0. The topological polar surface area (TPSA) is 29.3 Å². The zero-order valence-electron chi connectivity index (χ0n) is 12.2. The molecule has 0 spiro atoms. The Morgan fingerprint density at radius 1 is 1.30 bits per heavy atom. The summed E-state index contributed by atoms with van der Waals surface area (Å²) in [5, 5.41) is 0. The van der Waals surface area contributed by atoms with Crippen LogP contribution >= 0.6 is 0 Å². The molecule has 4 heteroatoms. The molecule has 1 aromatic carbocycles. The first-order valence-electron chi connectivity index (χ1n) is 7.02. The lowest BCUT2D eigenvalue weighted by Gasteiger charge is -2.22. The maximum Gasteiger partial charge on any atom is 0.363 e. The van der Waals surface area contributed by atoms with Crippen molar-refractivity contribution in [2.75, 3.05) is 20.2 Å². The second-order valence-electron chi connectivity index (χ2n) is 5.08. The molecule has 0 N–H and O–H groups in total. The van der Waals surface area contributed by atoms with Crippen molar-refractivity contribution in [1.82, 2.24) is 4.48 Å². The predicted octanol–water partition coefficient (Wildman–Crippen LogP) is 2.49. The minimum Gasteiger partial charge on any atom is -0.461 e. The van der Waals surface area contributed by atoms with Crippen molar-refractivity contribution in [3.8, 4) is 0 Å². The second-order valence-corrected chi connectivity index (χ2v) is 5.08. The molecule has 1 aliphatic heterocycles. The van der Waals surface area contributed by atoms with E-state index in [0.29, 0.717) is 11.1 Å². The lowest BCUT2D eigenvalue weighted by molar-refractivity contribution is -0.415. The number of ether oxygens (including phenoxy) is 1. The third-order valence-electron chi connectivity index (χ3n) is 3.34. The number of carbonyl (C=O) groups excluding carboxylic acids is 1. The van der Waals surface area contributed by atoms with Crippen molar-refractivity contribution in [1.29, 1.82) is 0 Å². The molecule has 1 atom stereocenters. The van der Waals surface area contributed by atoms with Gasteiger partial charge in [-0.15, -0.1) is 0 Å². The van der Waals surface area contributed by atoms with Crippen LogP contribution in [0, 0.1) is 0 Å². The Morgan fingerprint density at radius 2 is 2.05 bits per heavy atom. The van der Waals surface area contributed by atoms with E-state index in [1.165, 1.54) is 0 Å². The Bertz CT molecular complexity index is 523. The summed E-state index contributed by atoms with van der Waals surface area (Å²) in [5.41, 5.74) is 1.06. The minimum atomic E-state index is -0.168. The van der Waals surface area contributed by atoms with Gasteiger partial charge in [0.05, 0.1) is 6.61 Å². The smallest absolute Gasteiger partial charge is 0.363 e. The third-order valence-corrected chi connectivity index (χ3v) is 3.34. The van der Waals surface area contributed by atoms with Crippen LogP contribution in [-0.2, 0) is 9.53 Å². The highest BCUT2D eigenvalue weighted by Gasteiger charge is 2.38. The zero-order chi connectivity index (χ0) is 14.4. The van der Waals surface area contributed by atoms with Crippen molar-refractivity contribution in [2.24, 2.45) is 0 Å². The van der Waals surface area contributed by atoms with Crippen molar-refractivity contribution in [3.63, 3.8) is 0 Å². The van der Waals surface area contributed by atoms with Crippen LogP contribution in [0.5, 0.6) is 0 Å². The molecular formula is C16H22N2O2+2. The second kappa shape index (κ2) is 6.48. The first-order chi connectivity index (χ1) is 9.66. The van der Waals surface area contributed by atoms with Crippen LogP contribution in [0.4, 0.5) is 5.69 Å². The summed E-state index contributed by atoms with van der Waals surface area (Å²) < 4.78 is 7.64. The number of esters is 1. The molecule has 106 valence electrons. The van der Waals surface area contributed by atoms with Gasteiger partial charge in [-0.25, -0.2) is 4.79 Å². The number of quaternary nitrogens is 1. The molecule has 2 rings (SSSR count). The van der Waals surface area contributed by atoms with E-state index in [1.807, 2.05) is 60.7 Å². The summed E-state index contributed by atoms with van der Waals surface area (Å²) in [6, 6.07) is 10.00. The lowest BCUT2D eigenvalue weighted by Crippen LogP contribution is -2.46. The highest BCUT2D eigenvalue weighted by atomic mass is 16.5. The van der Waals surface area contributed by atoms with E-state index in [4.69, 9.17) is 4.74 Å². The summed E-state index contributed by atoms with van der Waals surface area (Å²) in [7, 11) is 1.96. The number of unbranched alkanes of at least 4 members (excludes halogenated alkanes) is 1. The molecule has 0 radical (unpaired) electrons. The van der Waals surface area contributed by atoms with Gasteiger partial charge in [-0.2, -0.15) is 9.06 Å². The maximum absolute atomic E-state index is 12.0. The standard InChI is InChI=1S/C16H22N2O2/c1-3-4-12-20-16(19)13-18(11-10-17(2)14-18)15-8-6-5-7-9-15/h5-11,14H,3-4,12-13H2,1-2H3/q+2/t18-/m0/s1. The molecule has 0 unspecified atom stereocenters. The number of hydrogen-bond acceptors (Lipinski definition) is 2. The van der Waals surface area contributed by atoms with Gasteiger partial charge in [0.15, 0.2) is 12.7 Å². The van der Waals surface area contributed by atoms with Gasteiger partial charge in [0.25, 0.3) is 0 Å². The van der Waals surface area contributed by atoms with Gasteiger partial charge in [-0.1, -0.05) is 31.5 Å². The fourth-order valence-corrected chi connectivity index (χ4v) is 2.26. The molecule has 1 aromatic rings. The van der Waals surface area contributed by atoms with Gasteiger partial charge in [0.2, 0.25) is 6.20 Å². The molecule has 0 aliphatic carbocycles. The molecule has 0 amide bonds. The highest BCUT2D eigenvalue weighted by Crippen LogP contribution is 2.24. The molecule has 1 aliphatic rings. The van der Waals surface area contributed by atoms with Gasteiger partial charge in [-0.3, -0.25) is 0 Å². The van der Waals surface area contributed by atoms with Crippen molar-refractivity contribution in [3.05, 3.63) is 42.7 Å². The van der Waals surface area contributed by atoms with Crippen LogP contribution in [0.2, 0.25) is 0 Å². The number of para-hydroxylation sites is 1. The quantitative estimate of drug-likeness (QED) is 0.345. The molecule has 4 nitrogen and oxygen atoms in total. The van der Waals surface area contributed by atoms with Gasteiger partial charge in [-0.05, 0) is 6.42 Å². The summed E-state index contributed by atoms with van der Waals surface area (Å²) in [6.07, 6.45) is 7.93. The van der Waals surface area contributed by atoms with Gasteiger partial charge in [0.1, 0.15) is 12.7 Å². The van der Waals surface area contributed by atoms with Crippen LogP contribution < -0.4 is 4.48 Å². The molecule has 0 aromatic heterocycles. The van der Waals surface area contributed by atoms with Crippen molar-refractivity contribution < 1.29 is 14.1 Å². The van der Waals surface area contributed by atoms with E-state index in [1.54, 1.807) is 0 Å². The van der Waals surface area contributed by atoms with Crippen LogP contribution in [0.25, 0.3) is 0 Å². The normalized spacial score (nSPS) is 20.8.